The monoisotopic (exact) mass is 354 g/mol. The number of anilines is 2. The Bertz CT molecular complexity index is 918. The van der Waals surface area contributed by atoms with E-state index in [4.69, 9.17) is 0 Å². The number of amides is 1. The highest BCUT2D eigenvalue weighted by Gasteiger charge is 2.13. The Balaban J connectivity index is 1.72. The van der Waals surface area contributed by atoms with Gasteiger partial charge in [-0.3, -0.25) is 4.79 Å². The maximum absolute atomic E-state index is 13.3. The summed E-state index contributed by atoms with van der Waals surface area (Å²) in [6.45, 7) is 1.87. The quantitative estimate of drug-likeness (QED) is 0.727. The zero-order chi connectivity index (χ0) is 18.5. The molecule has 0 radical (unpaired) electrons. The molecular weight excluding hydrogens is 338 g/mol. The highest BCUT2D eigenvalue weighted by atomic mass is 19.2. The van der Waals surface area contributed by atoms with Crippen molar-refractivity contribution in [2.45, 2.75) is 13.0 Å². The SMILES string of the molecule is CC(NC(=O)c1ccnc(Nc2ccc(F)c(F)c2)n1)c1ccccc1. The summed E-state index contributed by atoms with van der Waals surface area (Å²) in [4.78, 5) is 20.5. The van der Waals surface area contributed by atoms with E-state index < -0.39 is 11.6 Å². The molecule has 0 saturated heterocycles. The Morgan fingerprint density at radius 2 is 1.81 bits per heavy atom. The van der Waals surface area contributed by atoms with Crippen LogP contribution in [0.15, 0.2) is 60.8 Å². The Labute approximate surface area is 149 Å². The van der Waals surface area contributed by atoms with Crippen molar-refractivity contribution in [2.24, 2.45) is 0 Å². The molecule has 0 fully saturated rings. The van der Waals surface area contributed by atoms with Gasteiger partial charge in [-0.25, -0.2) is 18.7 Å². The Morgan fingerprint density at radius 3 is 2.54 bits per heavy atom. The van der Waals surface area contributed by atoms with E-state index >= 15 is 0 Å². The van der Waals surface area contributed by atoms with Gasteiger partial charge in [0, 0.05) is 18.0 Å². The zero-order valence-corrected chi connectivity index (χ0v) is 13.9. The van der Waals surface area contributed by atoms with Gasteiger partial charge in [0.1, 0.15) is 5.69 Å². The van der Waals surface area contributed by atoms with Crippen molar-refractivity contribution in [1.82, 2.24) is 15.3 Å². The lowest BCUT2D eigenvalue weighted by Crippen LogP contribution is -2.27. The number of nitrogens with one attached hydrogen (secondary N) is 2. The van der Waals surface area contributed by atoms with E-state index in [0.29, 0.717) is 0 Å². The van der Waals surface area contributed by atoms with Gasteiger partial charge in [-0.2, -0.15) is 0 Å². The largest absolute Gasteiger partial charge is 0.344 e. The molecule has 0 aliphatic carbocycles. The number of benzene rings is 2. The van der Waals surface area contributed by atoms with Gasteiger partial charge in [0.2, 0.25) is 5.95 Å². The number of halogens is 2. The zero-order valence-electron chi connectivity index (χ0n) is 13.9. The number of hydrogen-bond acceptors (Lipinski definition) is 4. The number of carbonyl (C=O) groups is 1. The fourth-order valence-electron chi connectivity index (χ4n) is 2.34. The maximum atomic E-state index is 13.3. The molecule has 0 aliphatic rings. The van der Waals surface area contributed by atoms with Crippen LogP contribution in [0.1, 0.15) is 29.0 Å². The van der Waals surface area contributed by atoms with E-state index in [1.165, 1.54) is 18.3 Å². The molecular formula is C19H16F2N4O. The van der Waals surface area contributed by atoms with E-state index in [2.05, 4.69) is 20.6 Å². The minimum Gasteiger partial charge on any atom is -0.344 e. The number of nitrogens with zero attached hydrogens (tertiary/aromatic N) is 2. The van der Waals surface area contributed by atoms with Crippen LogP contribution in [-0.4, -0.2) is 15.9 Å². The van der Waals surface area contributed by atoms with Crippen LogP contribution in [0.5, 0.6) is 0 Å². The lowest BCUT2D eigenvalue weighted by Gasteiger charge is -2.14. The summed E-state index contributed by atoms with van der Waals surface area (Å²) in [6, 6.07) is 14.1. The summed E-state index contributed by atoms with van der Waals surface area (Å²) in [6.07, 6.45) is 1.41. The minimum atomic E-state index is -0.986. The average molecular weight is 354 g/mol. The summed E-state index contributed by atoms with van der Waals surface area (Å²) < 4.78 is 26.3. The predicted molar refractivity (Wildman–Crippen MR) is 94.0 cm³/mol. The third kappa shape index (κ3) is 4.18. The van der Waals surface area contributed by atoms with Crippen molar-refractivity contribution in [3.8, 4) is 0 Å². The molecule has 26 heavy (non-hydrogen) atoms. The molecule has 2 aromatic carbocycles. The molecule has 1 atom stereocenters. The normalized spacial score (nSPS) is 11.7. The molecule has 0 saturated carbocycles. The van der Waals surface area contributed by atoms with Crippen LogP contribution in [0.3, 0.4) is 0 Å². The smallest absolute Gasteiger partial charge is 0.270 e. The molecule has 132 valence electrons. The van der Waals surface area contributed by atoms with Crippen molar-refractivity contribution in [3.05, 3.63) is 83.7 Å². The summed E-state index contributed by atoms with van der Waals surface area (Å²) in [7, 11) is 0. The Morgan fingerprint density at radius 1 is 1.04 bits per heavy atom. The standard InChI is InChI=1S/C19H16F2N4O/c1-12(13-5-3-2-4-6-13)23-18(26)17-9-10-22-19(25-17)24-14-7-8-15(20)16(21)11-14/h2-12H,1H3,(H,23,26)(H,22,24,25). The number of hydrogen-bond donors (Lipinski definition) is 2. The van der Waals surface area contributed by atoms with E-state index in [9.17, 15) is 13.6 Å². The van der Waals surface area contributed by atoms with Gasteiger partial charge >= 0.3 is 0 Å². The molecule has 1 unspecified atom stereocenters. The third-order valence-electron chi connectivity index (χ3n) is 3.71. The molecule has 0 spiro atoms. The van der Waals surface area contributed by atoms with E-state index in [-0.39, 0.29) is 29.3 Å². The topological polar surface area (TPSA) is 66.9 Å². The lowest BCUT2D eigenvalue weighted by molar-refractivity contribution is 0.0935. The van der Waals surface area contributed by atoms with Crippen LogP contribution >= 0.6 is 0 Å². The van der Waals surface area contributed by atoms with Crippen molar-refractivity contribution in [3.63, 3.8) is 0 Å². The van der Waals surface area contributed by atoms with Crippen LogP contribution in [-0.2, 0) is 0 Å². The van der Waals surface area contributed by atoms with Crippen molar-refractivity contribution >= 4 is 17.5 Å². The fourth-order valence-corrected chi connectivity index (χ4v) is 2.34. The van der Waals surface area contributed by atoms with Gasteiger partial charge < -0.3 is 10.6 Å². The third-order valence-corrected chi connectivity index (χ3v) is 3.71. The second-order valence-corrected chi connectivity index (χ2v) is 5.63. The summed E-state index contributed by atoms with van der Waals surface area (Å²) in [5.74, 6) is -2.19. The van der Waals surface area contributed by atoms with Crippen LogP contribution in [0.4, 0.5) is 20.4 Å². The first-order chi connectivity index (χ1) is 12.5. The predicted octanol–water partition coefficient (Wildman–Crippen LogP) is 3.99. The van der Waals surface area contributed by atoms with Crippen molar-refractivity contribution in [1.29, 1.82) is 0 Å². The minimum absolute atomic E-state index is 0.107. The summed E-state index contributed by atoms with van der Waals surface area (Å²) in [5, 5.41) is 5.60. The molecule has 1 aromatic heterocycles. The Hall–Kier alpha value is -3.35. The molecule has 1 heterocycles. The van der Waals surface area contributed by atoms with Crippen LogP contribution in [0.25, 0.3) is 0 Å². The first-order valence-electron chi connectivity index (χ1n) is 7.94. The van der Waals surface area contributed by atoms with E-state index in [1.54, 1.807) is 0 Å². The Kier molecular flexibility index (Phi) is 5.17. The molecule has 2 N–H and O–H groups in total. The van der Waals surface area contributed by atoms with Crippen molar-refractivity contribution < 1.29 is 13.6 Å². The maximum Gasteiger partial charge on any atom is 0.270 e. The van der Waals surface area contributed by atoms with Crippen LogP contribution < -0.4 is 10.6 Å². The highest BCUT2D eigenvalue weighted by molar-refractivity contribution is 5.92. The van der Waals surface area contributed by atoms with Crippen LogP contribution in [0, 0.1) is 11.6 Å². The molecule has 3 aromatic rings. The second-order valence-electron chi connectivity index (χ2n) is 5.63. The summed E-state index contributed by atoms with van der Waals surface area (Å²) >= 11 is 0. The van der Waals surface area contributed by atoms with Gasteiger partial charge in [0.05, 0.1) is 6.04 Å². The first kappa shape index (κ1) is 17.5. The molecule has 1 amide bonds. The fraction of sp³-hybridized carbons (Fsp3) is 0.105. The van der Waals surface area contributed by atoms with E-state index in [1.807, 2.05) is 37.3 Å². The molecule has 5 nitrogen and oxygen atoms in total. The lowest BCUT2D eigenvalue weighted by atomic mass is 10.1. The van der Waals surface area contributed by atoms with Crippen LogP contribution in [0.2, 0.25) is 0 Å². The van der Waals surface area contributed by atoms with E-state index in [0.717, 1.165) is 17.7 Å². The van der Waals surface area contributed by atoms with Gasteiger partial charge in [-0.1, -0.05) is 30.3 Å². The van der Waals surface area contributed by atoms with Gasteiger partial charge in [-0.15, -0.1) is 0 Å². The molecule has 0 aliphatic heterocycles. The molecule has 0 bridgehead atoms. The first-order valence-corrected chi connectivity index (χ1v) is 7.94. The summed E-state index contributed by atoms with van der Waals surface area (Å²) in [5.41, 5.74) is 1.40. The molecule has 3 rings (SSSR count). The highest BCUT2D eigenvalue weighted by Crippen LogP contribution is 2.17. The number of carbonyl (C=O) groups excluding carboxylic acids is 1. The second kappa shape index (κ2) is 7.69. The number of rotatable bonds is 5. The number of aromatic nitrogens is 2. The van der Waals surface area contributed by atoms with Gasteiger partial charge in [0.15, 0.2) is 11.6 Å². The van der Waals surface area contributed by atoms with Gasteiger partial charge in [0.25, 0.3) is 5.91 Å². The molecule has 7 heteroatoms. The van der Waals surface area contributed by atoms with Crippen molar-refractivity contribution in [2.75, 3.05) is 5.32 Å². The van der Waals surface area contributed by atoms with Gasteiger partial charge in [-0.05, 0) is 30.7 Å². The average Bonchev–Trinajstić information content (AvgIpc) is 2.65.